The molecule has 0 atom stereocenters. The van der Waals surface area contributed by atoms with Crippen molar-refractivity contribution in [2.45, 2.75) is 23.6 Å². The van der Waals surface area contributed by atoms with Crippen LogP contribution in [0.15, 0.2) is 22.8 Å². The first-order valence-corrected chi connectivity index (χ1v) is 6.31. The highest BCUT2D eigenvalue weighted by atomic mass is 32.2. The summed E-state index contributed by atoms with van der Waals surface area (Å²) in [6.45, 7) is 3.34. The van der Waals surface area contributed by atoms with Crippen LogP contribution >= 0.6 is 23.1 Å². The molecule has 16 heavy (non-hydrogen) atoms. The molecule has 0 aromatic carbocycles. The topological polar surface area (TPSA) is 63.1 Å². The van der Waals surface area contributed by atoms with Crippen LogP contribution in [-0.2, 0) is 4.79 Å². The Kier molecular flexibility index (Phi) is 2.86. The number of rotatable bonds is 3. The summed E-state index contributed by atoms with van der Waals surface area (Å²) in [6.07, 6.45) is 1.47. The van der Waals surface area contributed by atoms with E-state index in [2.05, 4.69) is 9.97 Å². The summed E-state index contributed by atoms with van der Waals surface area (Å²) in [5.41, 5.74) is 0.865. The van der Waals surface area contributed by atoms with Crippen LogP contribution in [0.25, 0.3) is 10.2 Å². The van der Waals surface area contributed by atoms with Crippen molar-refractivity contribution in [2.24, 2.45) is 0 Å². The van der Waals surface area contributed by atoms with E-state index in [4.69, 9.17) is 5.11 Å². The number of thioether (sulfide) groups is 1. The molecule has 0 aliphatic carbocycles. The molecule has 0 radical (unpaired) electrons. The van der Waals surface area contributed by atoms with Crippen LogP contribution in [0.4, 0.5) is 0 Å². The van der Waals surface area contributed by atoms with Gasteiger partial charge in [0.1, 0.15) is 16.1 Å². The summed E-state index contributed by atoms with van der Waals surface area (Å²) >= 11 is 2.78. The minimum Gasteiger partial charge on any atom is -0.480 e. The standard InChI is InChI=1S/C10H10N2O2S2/c1-10(2,9(13)14)16-8-7-6(3-4-15-7)11-5-12-8/h3-5H,1-2H3,(H,13,14). The Bertz CT molecular complexity index is 536. The number of hydrogen-bond acceptors (Lipinski definition) is 5. The zero-order valence-electron chi connectivity index (χ0n) is 8.80. The fourth-order valence-electron chi connectivity index (χ4n) is 1.12. The van der Waals surface area contributed by atoms with Crippen LogP contribution in [0, 0.1) is 0 Å². The highest BCUT2D eigenvalue weighted by Crippen LogP contribution is 2.36. The number of thiophene rings is 1. The first-order valence-electron chi connectivity index (χ1n) is 4.61. The summed E-state index contributed by atoms with van der Waals surface area (Å²) in [6, 6.07) is 1.90. The van der Waals surface area contributed by atoms with Gasteiger partial charge in [0.15, 0.2) is 0 Å². The summed E-state index contributed by atoms with van der Waals surface area (Å²) in [7, 11) is 0. The molecular weight excluding hydrogens is 244 g/mol. The lowest BCUT2D eigenvalue weighted by Crippen LogP contribution is -2.27. The van der Waals surface area contributed by atoms with Gasteiger partial charge in [0.25, 0.3) is 0 Å². The third-order valence-corrected chi connectivity index (χ3v) is 4.30. The summed E-state index contributed by atoms with van der Waals surface area (Å²) in [5.74, 6) is -0.846. The maximum Gasteiger partial charge on any atom is 0.319 e. The van der Waals surface area contributed by atoms with Gasteiger partial charge >= 0.3 is 5.97 Å². The maximum absolute atomic E-state index is 11.0. The smallest absolute Gasteiger partial charge is 0.319 e. The van der Waals surface area contributed by atoms with Crippen LogP contribution in [0.5, 0.6) is 0 Å². The predicted molar refractivity (Wildman–Crippen MR) is 65.0 cm³/mol. The van der Waals surface area contributed by atoms with E-state index in [1.807, 2.05) is 11.4 Å². The molecule has 2 rings (SSSR count). The van der Waals surface area contributed by atoms with Gasteiger partial charge in [-0.05, 0) is 25.3 Å². The molecule has 0 saturated carbocycles. The van der Waals surface area contributed by atoms with Gasteiger partial charge in [-0.1, -0.05) is 11.8 Å². The van der Waals surface area contributed by atoms with Crippen molar-refractivity contribution in [2.75, 3.05) is 0 Å². The Balaban J connectivity index is 2.41. The first kappa shape index (κ1) is 11.3. The Morgan fingerprint density at radius 1 is 1.50 bits per heavy atom. The number of hydrogen-bond donors (Lipinski definition) is 1. The molecule has 0 saturated heterocycles. The van der Waals surface area contributed by atoms with Crippen LogP contribution in [0.3, 0.4) is 0 Å². The minimum absolute atomic E-state index is 0.729. The average molecular weight is 254 g/mol. The molecule has 2 aromatic rings. The third-order valence-electron chi connectivity index (χ3n) is 2.08. The third kappa shape index (κ3) is 2.03. The number of carboxylic acids is 1. The Morgan fingerprint density at radius 2 is 2.25 bits per heavy atom. The number of aromatic nitrogens is 2. The number of fused-ring (bicyclic) bond motifs is 1. The van der Waals surface area contributed by atoms with Gasteiger partial charge < -0.3 is 5.11 Å². The number of carbonyl (C=O) groups is 1. The Labute approximate surface area is 101 Å². The van der Waals surface area contributed by atoms with E-state index in [-0.39, 0.29) is 0 Å². The van der Waals surface area contributed by atoms with E-state index >= 15 is 0 Å². The quantitative estimate of drug-likeness (QED) is 0.674. The largest absolute Gasteiger partial charge is 0.480 e. The first-order chi connectivity index (χ1) is 7.50. The minimum atomic E-state index is -0.884. The SMILES string of the molecule is CC(C)(Sc1ncnc2ccsc12)C(=O)O. The molecule has 0 aliphatic rings. The van der Waals surface area contributed by atoms with Crippen molar-refractivity contribution in [3.8, 4) is 0 Å². The molecule has 0 bridgehead atoms. The normalized spacial score (nSPS) is 11.9. The lowest BCUT2D eigenvalue weighted by molar-refractivity contribution is -0.138. The number of carboxylic acid groups (broad SMARTS) is 1. The van der Waals surface area contributed by atoms with Crippen LogP contribution in [-0.4, -0.2) is 25.8 Å². The molecule has 0 spiro atoms. The van der Waals surface area contributed by atoms with Gasteiger partial charge in [-0.3, -0.25) is 4.79 Å². The van der Waals surface area contributed by atoms with Crippen molar-refractivity contribution in [3.63, 3.8) is 0 Å². The molecule has 0 amide bonds. The van der Waals surface area contributed by atoms with Crippen molar-refractivity contribution < 1.29 is 9.90 Å². The maximum atomic E-state index is 11.0. The Morgan fingerprint density at radius 3 is 2.94 bits per heavy atom. The van der Waals surface area contributed by atoms with Crippen LogP contribution in [0.2, 0.25) is 0 Å². The lowest BCUT2D eigenvalue weighted by Gasteiger charge is -2.17. The van der Waals surface area contributed by atoms with Gasteiger partial charge in [-0.25, -0.2) is 9.97 Å². The van der Waals surface area contributed by atoms with Gasteiger partial charge in [0.2, 0.25) is 0 Å². The average Bonchev–Trinajstić information content (AvgIpc) is 2.65. The molecule has 1 N–H and O–H groups in total. The molecule has 2 heterocycles. The summed E-state index contributed by atoms with van der Waals surface area (Å²) in [5, 5.41) is 11.7. The van der Waals surface area contributed by atoms with Crippen molar-refractivity contribution in [1.29, 1.82) is 0 Å². The van der Waals surface area contributed by atoms with Crippen LogP contribution in [0.1, 0.15) is 13.8 Å². The lowest BCUT2D eigenvalue weighted by atomic mass is 10.2. The summed E-state index contributed by atoms with van der Waals surface area (Å²) in [4.78, 5) is 19.3. The molecule has 2 aromatic heterocycles. The second-order valence-corrected chi connectivity index (χ2v) is 6.26. The molecule has 4 nitrogen and oxygen atoms in total. The van der Waals surface area contributed by atoms with Gasteiger partial charge in [0, 0.05) is 0 Å². The monoisotopic (exact) mass is 254 g/mol. The van der Waals surface area contributed by atoms with E-state index < -0.39 is 10.7 Å². The van der Waals surface area contributed by atoms with Gasteiger partial charge in [-0.15, -0.1) is 11.3 Å². The molecular formula is C10H10N2O2S2. The molecule has 0 aliphatic heterocycles. The van der Waals surface area contributed by atoms with E-state index in [0.717, 1.165) is 15.2 Å². The van der Waals surface area contributed by atoms with E-state index in [0.29, 0.717) is 0 Å². The van der Waals surface area contributed by atoms with Crippen LogP contribution < -0.4 is 0 Å². The highest BCUT2D eigenvalue weighted by Gasteiger charge is 2.30. The fraction of sp³-hybridized carbons (Fsp3) is 0.300. The molecule has 6 heteroatoms. The molecule has 0 fully saturated rings. The fourth-order valence-corrected chi connectivity index (χ4v) is 2.99. The summed E-state index contributed by atoms with van der Waals surface area (Å²) < 4.78 is 0.0625. The van der Waals surface area contributed by atoms with Crippen molar-refractivity contribution in [3.05, 3.63) is 17.8 Å². The van der Waals surface area contributed by atoms with E-state index in [9.17, 15) is 4.79 Å². The highest BCUT2D eigenvalue weighted by molar-refractivity contribution is 8.01. The molecule has 0 unspecified atom stereocenters. The zero-order valence-corrected chi connectivity index (χ0v) is 10.4. The van der Waals surface area contributed by atoms with Gasteiger partial charge in [0.05, 0.1) is 10.2 Å². The second kappa shape index (κ2) is 4.03. The number of aliphatic carboxylic acids is 1. The predicted octanol–water partition coefficient (Wildman–Crippen LogP) is 2.65. The number of nitrogens with zero attached hydrogens (tertiary/aromatic N) is 2. The van der Waals surface area contributed by atoms with Crippen molar-refractivity contribution >= 4 is 39.3 Å². The van der Waals surface area contributed by atoms with Crippen molar-refractivity contribution in [1.82, 2.24) is 9.97 Å². The van der Waals surface area contributed by atoms with Gasteiger partial charge in [-0.2, -0.15) is 0 Å². The van der Waals surface area contributed by atoms with E-state index in [1.165, 1.54) is 29.4 Å². The Hall–Kier alpha value is -1.14. The second-order valence-electron chi connectivity index (χ2n) is 3.73. The molecule has 84 valence electrons. The zero-order chi connectivity index (χ0) is 11.8. The van der Waals surface area contributed by atoms with E-state index in [1.54, 1.807) is 13.8 Å².